The van der Waals surface area contributed by atoms with E-state index in [4.69, 9.17) is 9.47 Å². The van der Waals surface area contributed by atoms with Gasteiger partial charge in [0.05, 0.1) is 13.7 Å². The van der Waals surface area contributed by atoms with Gasteiger partial charge in [-0.2, -0.15) is 0 Å². The summed E-state index contributed by atoms with van der Waals surface area (Å²) in [7, 11) is 1.53. The first-order valence-electron chi connectivity index (χ1n) is 5.90. The average Bonchev–Trinajstić information content (AvgIpc) is 2.84. The lowest BCUT2D eigenvalue weighted by atomic mass is 10.1. The minimum absolute atomic E-state index is 0.223. The number of nitrogens with one attached hydrogen (secondary N) is 1. The quantitative estimate of drug-likeness (QED) is 0.852. The van der Waals surface area contributed by atoms with Gasteiger partial charge in [-0.05, 0) is 18.4 Å². The molecule has 1 aromatic carbocycles. The molecule has 0 aromatic heterocycles. The summed E-state index contributed by atoms with van der Waals surface area (Å²) in [6, 6.07) is 4.95. The van der Waals surface area contributed by atoms with Crippen molar-refractivity contribution in [3.8, 4) is 5.75 Å². The lowest BCUT2D eigenvalue weighted by Crippen LogP contribution is -2.23. The minimum Gasteiger partial charge on any atom is -0.497 e. The summed E-state index contributed by atoms with van der Waals surface area (Å²) >= 11 is 0. The van der Waals surface area contributed by atoms with E-state index >= 15 is 0 Å². The van der Waals surface area contributed by atoms with Crippen LogP contribution in [0.3, 0.4) is 0 Å². The van der Waals surface area contributed by atoms with Crippen LogP contribution in [-0.2, 0) is 11.3 Å². The minimum atomic E-state index is -0.223. The molecule has 17 heavy (non-hydrogen) atoms. The number of halogens is 1. The predicted octanol–water partition coefficient (Wildman–Crippen LogP) is 1.96. The fraction of sp³-hybridized carbons (Fsp3) is 0.538. The Morgan fingerprint density at radius 2 is 2.41 bits per heavy atom. The Morgan fingerprint density at radius 1 is 1.53 bits per heavy atom. The molecular weight excluding hydrogens is 221 g/mol. The second-order valence-electron chi connectivity index (χ2n) is 4.32. The van der Waals surface area contributed by atoms with Crippen molar-refractivity contribution in [1.29, 1.82) is 0 Å². The number of rotatable bonds is 5. The summed E-state index contributed by atoms with van der Waals surface area (Å²) in [4.78, 5) is 0. The summed E-state index contributed by atoms with van der Waals surface area (Å²) in [5.74, 6) is 0.895. The summed E-state index contributed by atoms with van der Waals surface area (Å²) < 4.78 is 23.8. The molecule has 0 saturated carbocycles. The molecule has 1 aliphatic heterocycles. The first-order chi connectivity index (χ1) is 8.29. The third kappa shape index (κ3) is 3.41. The molecule has 2 rings (SSSR count). The zero-order chi connectivity index (χ0) is 12.1. The van der Waals surface area contributed by atoms with Gasteiger partial charge in [0.2, 0.25) is 0 Å². The van der Waals surface area contributed by atoms with Crippen LogP contribution in [0, 0.1) is 11.7 Å². The van der Waals surface area contributed by atoms with Crippen LogP contribution >= 0.6 is 0 Å². The van der Waals surface area contributed by atoms with E-state index in [-0.39, 0.29) is 5.82 Å². The second-order valence-corrected chi connectivity index (χ2v) is 4.32. The molecule has 1 heterocycles. The maximum absolute atomic E-state index is 13.6. The molecule has 1 N–H and O–H groups in total. The van der Waals surface area contributed by atoms with Gasteiger partial charge in [-0.25, -0.2) is 4.39 Å². The van der Waals surface area contributed by atoms with Gasteiger partial charge in [0.25, 0.3) is 0 Å². The van der Waals surface area contributed by atoms with Crippen LogP contribution in [0.25, 0.3) is 0 Å². The number of hydrogen-bond acceptors (Lipinski definition) is 3. The zero-order valence-corrected chi connectivity index (χ0v) is 10.0. The summed E-state index contributed by atoms with van der Waals surface area (Å²) in [5, 5.41) is 3.26. The van der Waals surface area contributed by atoms with E-state index < -0.39 is 0 Å². The molecule has 1 aliphatic rings. The Labute approximate surface area is 101 Å². The third-order valence-electron chi connectivity index (χ3n) is 3.03. The second kappa shape index (κ2) is 5.98. The highest BCUT2D eigenvalue weighted by Gasteiger charge is 2.14. The van der Waals surface area contributed by atoms with Gasteiger partial charge in [-0.3, -0.25) is 0 Å². The fourth-order valence-electron chi connectivity index (χ4n) is 1.95. The Bertz CT molecular complexity index is 364. The molecule has 94 valence electrons. The highest BCUT2D eigenvalue weighted by molar-refractivity contribution is 5.28. The number of ether oxygens (including phenoxy) is 2. The molecule has 0 aliphatic carbocycles. The standard InChI is InChI=1S/C13H18FNO2/c1-16-12-3-2-11(13(14)6-12)8-15-7-10-4-5-17-9-10/h2-3,6,10,15H,4-5,7-9H2,1H3. The van der Waals surface area contributed by atoms with Crippen LogP contribution in [0.1, 0.15) is 12.0 Å². The van der Waals surface area contributed by atoms with Crippen LogP contribution in [0.4, 0.5) is 4.39 Å². The summed E-state index contributed by atoms with van der Waals surface area (Å²) in [6.07, 6.45) is 1.10. The largest absolute Gasteiger partial charge is 0.497 e. The van der Waals surface area contributed by atoms with Gasteiger partial charge in [-0.15, -0.1) is 0 Å². The smallest absolute Gasteiger partial charge is 0.131 e. The molecule has 4 heteroatoms. The van der Waals surface area contributed by atoms with E-state index in [1.165, 1.54) is 13.2 Å². The number of benzene rings is 1. The zero-order valence-electron chi connectivity index (χ0n) is 10.0. The lowest BCUT2D eigenvalue weighted by molar-refractivity contribution is 0.185. The van der Waals surface area contributed by atoms with Crippen LogP contribution in [-0.4, -0.2) is 26.9 Å². The highest BCUT2D eigenvalue weighted by atomic mass is 19.1. The maximum atomic E-state index is 13.6. The molecule has 1 saturated heterocycles. The monoisotopic (exact) mass is 239 g/mol. The molecule has 0 radical (unpaired) electrons. The Balaban J connectivity index is 1.81. The molecule has 0 spiro atoms. The van der Waals surface area contributed by atoms with Gasteiger partial charge in [0.1, 0.15) is 11.6 Å². The molecule has 1 atom stereocenters. The van der Waals surface area contributed by atoms with Crippen molar-refractivity contribution in [3.63, 3.8) is 0 Å². The van der Waals surface area contributed by atoms with Crippen molar-refractivity contribution in [2.75, 3.05) is 26.9 Å². The van der Waals surface area contributed by atoms with Gasteiger partial charge in [0, 0.05) is 31.3 Å². The molecule has 1 unspecified atom stereocenters. The molecule has 1 fully saturated rings. The molecule has 3 nitrogen and oxygen atoms in total. The predicted molar refractivity (Wildman–Crippen MR) is 63.6 cm³/mol. The fourth-order valence-corrected chi connectivity index (χ4v) is 1.95. The molecule has 0 bridgehead atoms. The topological polar surface area (TPSA) is 30.5 Å². The lowest BCUT2D eigenvalue weighted by Gasteiger charge is -2.10. The molecular formula is C13H18FNO2. The van der Waals surface area contributed by atoms with Crippen LogP contribution in [0.2, 0.25) is 0 Å². The normalized spacial score (nSPS) is 19.5. The van der Waals surface area contributed by atoms with Crippen molar-refractivity contribution in [2.24, 2.45) is 5.92 Å². The van der Waals surface area contributed by atoms with E-state index in [0.29, 0.717) is 23.8 Å². The first-order valence-corrected chi connectivity index (χ1v) is 5.90. The number of hydrogen-bond donors (Lipinski definition) is 1. The Morgan fingerprint density at radius 3 is 3.06 bits per heavy atom. The highest BCUT2D eigenvalue weighted by Crippen LogP contribution is 2.16. The van der Waals surface area contributed by atoms with Crippen LogP contribution < -0.4 is 10.1 Å². The van der Waals surface area contributed by atoms with E-state index in [1.54, 1.807) is 12.1 Å². The van der Waals surface area contributed by atoms with Gasteiger partial charge in [-0.1, -0.05) is 6.07 Å². The number of methoxy groups -OCH3 is 1. The van der Waals surface area contributed by atoms with Crippen molar-refractivity contribution in [3.05, 3.63) is 29.6 Å². The maximum Gasteiger partial charge on any atom is 0.131 e. The van der Waals surface area contributed by atoms with Crippen molar-refractivity contribution < 1.29 is 13.9 Å². The average molecular weight is 239 g/mol. The van der Waals surface area contributed by atoms with Crippen LogP contribution in [0.5, 0.6) is 5.75 Å². The third-order valence-corrected chi connectivity index (χ3v) is 3.03. The molecule has 0 amide bonds. The SMILES string of the molecule is COc1ccc(CNCC2CCOC2)c(F)c1. The Hall–Kier alpha value is -1.13. The van der Waals surface area contributed by atoms with E-state index in [9.17, 15) is 4.39 Å². The van der Waals surface area contributed by atoms with Gasteiger partial charge < -0.3 is 14.8 Å². The van der Waals surface area contributed by atoms with Crippen molar-refractivity contribution in [2.45, 2.75) is 13.0 Å². The first kappa shape index (κ1) is 12.3. The van der Waals surface area contributed by atoms with E-state index in [2.05, 4.69) is 5.32 Å². The Kier molecular flexibility index (Phi) is 4.34. The molecule has 1 aromatic rings. The van der Waals surface area contributed by atoms with Crippen molar-refractivity contribution >= 4 is 0 Å². The summed E-state index contributed by atoms with van der Waals surface area (Å²) in [5.41, 5.74) is 0.671. The van der Waals surface area contributed by atoms with Gasteiger partial charge in [0.15, 0.2) is 0 Å². The summed E-state index contributed by atoms with van der Waals surface area (Å²) in [6.45, 7) is 3.10. The van der Waals surface area contributed by atoms with Crippen molar-refractivity contribution in [1.82, 2.24) is 5.32 Å². The van der Waals surface area contributed by atoms with Crippen LogP contribution in [0.15, 0.2) is 18.2 Å². The van der Waals surface area contributed by atoms with E-state index in [1.807, 2.05) is 0 Å². The van der Waals surface area contributed by atoms with E-state index in [0.717, 1.165) is 26.2 Å². The van der Waals surface area contributed by atoms with Gasteiger partial charge >= 0.3 is 0 Å².